The Labute approximate surface area is 224 Å². The van der Waals surface area contributed by atoms with Crippen molar-refractivity contribution in [2.45, 2.75) is 45.1 Å². The highest BCUT2D eigenvalue weighted by atomic mass is 19.1. The number of benzene rings is 1. The van der Waals surface area contributed by atoms with E-state index in [4.69, 9.17) is 15.3 Å². The van der Waals surface area contributed by atoms with Crippen molar-refractivity contribution in [2.75, 3.05) is 18.0 Å². The molecular weight excluding hydrogens is 507 g/mol. The number of aromatic nitrogens is 4. The second kappa shape index (κ2) is 11.2. The zero-order valence-corrected chi connectivity index (χ0v) is 21.5. The number of primary amides is 1. The fourth-order valence-electron chi connectivity index (χ4n) is 4.61. The van der Waals surface area contributed by atoms with Gasteiger partial charge < -0.3 is 20.6 Å². The highest BCUT2D eigenvalue weighted by molar-refractivity contribution is 5.99. The van der Waals surface area contributed by atoms with Gasteiger partial charge in [0.25, 0.3) is 0 Å². The van der Waals surface area contributed by atoms with Gasteiger partial charge in [0.2, 0.25) is 5.91 Å². The number of nitrogens with one attached hydrogen (secondary N) is 1. The van der Waals surface area contributed by atoms with Crippen molar-refractivity contribution in [3.05, 3.63) is 60.4 Å². The standard InChI is InChI=1S/C26H29FN8O4/c1-15(2)24(25(28)36)30-12-18-10-23(32-39-18)22-6-3-16(11-29-22)20-5-4-17(9-21(20)27)35-14-19(38-26(35)37)13-34-8-7-31-33-34/h3-9,11,15,18-19,24,30H,10,12-14H2,1-2H3,(H2,28,36)/t18-,19-,24+/m0/s1. The molecule has 2 aliphatic rings. The Balaban J connectivity index is 1.20. The van der Waals surface area contributed by atoms with Crippen LogP contribution in [-0.4, -0.2) is 69.0 Å². The van der Waals surface area contributed by atoms with Crippen LogP contribution in [0, 0.1) is 11.7 Å². The molecule has 3 N–H and O–H groups in total. The molecule has 0 radical (unpaired) electrons. The molecule has 3 atom stereocenters. The van der Waals surface area contributed by atoms with Gasteiger partial charge in [0.15, 0.2) is 0 Å². The van der Waals surface area contributed by atoms with Gasteiger partial charge in [-0.3, -0.25) is 14.7 Å². The third-order valence-corrected chi connectivity index (χ3v) is 6.64. The van der Waals surface area contributed by atoms with Gasteiger partial charge in [0.1, 0.15) is 23.7 Å². The average molecular weight is 537 g/mol. The zero-order chi connectivity index (χ0) is 27.5. The number of nitrogens with zero attached hydrogens (tertiary/aromatic N) is 6. The molecule has 4 heterocycles. The molecule has 0 spiro atoms. The smallest absolute Gasteiger partial charge is 0.414 e. The zero-order valence-electron chi connectivity index (χ0n) is 21.5. The molecule has 39 heavy (non-hydrogen) atoms. The van der Waals surface area contributed by atoms with E-state index in [9.17, 15) is 9.59 Å². The van der Waals surface area contributed by atoms with Gasteiger partial charge in [-0.15, -0.1) is 5.10 Å². The molecule has 1 fully saturated rings. The summed E-state index contributed by atoms with van der Waals surface area (Å²) in [4.78, 5) is 35.3. The van der Waals surface area contributed by atoms with Crippen molar-refractivity contribution in [1.29, 1.82) is 0 Å². The van der Waals surface area contributed by atoms with Crippen LogP contribution in [0.3, 0.4) is 0 Å². The lowest BCUT2D eigenvalue weighted by molar-refractivity contribution is -0.121. The van der Waals surface area contributed by atoms with Crippen LogP contribution >= 0.6 is 0 Å². The normalized spacial score (nSPS) is 19.6. The fourth-order valence-corrected chi connectivity index (χ4v) is 4.61. The van der Waals surface area contributed by atoms with Gasteiger partial charge in [-0.1, -0.05) is 30.3 Å². The minimum atomic E-state index is -0.541. The molecule has 13 heteroatoms. The number of pyridine rings is 1. The van der Waals surface area contributed by atoms with E-state index in [1.807, 2.05) is 13.8 Å². The van der Waals surface area contributed by atoms with Gasteiger partial charge in [-0.05, 0) is 30.2 Å². The van der Waals surface area contributed by atoms with E-state index in [1.54, 1.807) is 47.5 Å². The maximum Gasteiger partial charge on any atom is 0.414 e. The number of rotatable bonds is 10. The number of hydrogen-bond acceptors (Lipinski definition) is 9. The van der Waals surface area contributed by atoms with Crippen LogP contribution in [0.5, 0.6) is 0 Å². The monoisotopic (exact) mass is 536 g/mol. The summed E-state index contributed by atoms with van der Waals surface area (Å²) in [6, 6.07) is 7.66. The largest absolute Gasteiger partial charge is 0.442 e. The number of carbonyl (C=O) groups is 2. The Morgan fingerprint density at radius 2 is 2.10 bits per heavy atom. The highest BCUT2D eigenvalue weighted by Gasteiger charge is 2.33. The number of hydrogen-bond donors (Lipinski definition) is 2. The summed E-state index contributed by atoms with van der Waals surface area (Å²) in [7, 11) is 0. The summed E-state index contributed by atoms with van der Waals surface area (Å²) in [5.41, 5.74) is 8.06. The van der Waals surface area contributed by atoms with Crippen LogP contribution in [0.15, 0.2) is 54.1 Å². The van der Waals surface area contributed by atoms with E-state index in [-0.39, 0.29) is 18.6 Å². The first-order chi connectivity index (χ1) is 18.8. The first kappa shape index (κ1) is 26.2. The second-order valence-electron chi connectivity index (χ2n) is 9.84. The van der Waals surface area contributed by atoms with Crippen molar-refractivity contribution >= 4 is 23.4 Å². The third-order valence-electron chi connectivity index (χ3n) is 6.64. The first-order valence-electron chi connectivity index (χ1n) is 12.6. The molecule has 12 nitrogen and oxygen atoms in total. The summed E-state index contributed by atoms with van der Waals surface area (Å²) in [5.74, 6) is -0.842. The van der Waals surface area contributed by atoms with E-state index in [1.165, 1.54) is 11.0 Å². The molecule has 0 aliphatic carbocycles. The Hall–Kier alpha value is -4.39. The number of nitrogens with two attached hydrogens (primary N) is 1. The number of amides is 2. The van der Waals surface area contributed by atoms with Crippen LogP contribution in [0.4, 0.5) is 14.9 Å². The minimum Gasteiger partial charge on any atom is -0.442 e. The molecule has 0 bridgehead atoms. The summed E-state index contributed by atoms with van der Waals surface area (Å²) >= 11 is 0. The summed E-state index contributed by atoms with van der Waals surface area (Å²) in [5, 5.41) is 14.9. The van der Waals surface area contributed by atoms with E-state index in [0.717, 1.165) is 0 Å². The maximum atomic E-state index is 15.1. The van der Waals surface area contributed by atoms with Gasteiger partial charge in [0, 0.05) is 36.5 Å². The van der Waals surface area contributed by atoms with Crippen LogP contribution in [0.1, 0.15) is 26.0 Å². The van der Waals surface area contributed by atoms with Crippen molar-refractivity contribution in [1.82, 2.24) is 25.3 Å². The SMILES string of the molecule is CC(C)[C@@H](NC[C@@H]1CC(c2ccc(-c3ccc(N4C[C@H](Cn5ccnn5)OC4=O)cc3F)cn2)=NO1)C(N)=O. The molecule has 1 aromatic carbocycles. The second-order valence-corrected chi connectivity index (χ2v) is 9.84. The van der Waals surface area contributed by atoms with Crippen molar-refractivity contribution in [3.8, 4) is 11.1 Å². The number of oxime groups is 1. The van der Waals surface area contributed by atoms with Crippen LogP contribution in [-0.2, 0) is 20.9 Å². The van der Waals surface area contributed by atoms with E-state index in [2.05, 4.69) is 25.8 Å². The van der Waals surface area contributed by atoms with Gasteiger partial charge in [0.05, 0.1) is 36.7 Å². The molecule has 2 amide bonds. The van der Waals surface area contributed by atoms with E-state index in [0.29, 0.717) is 47.7 Å². The molecule has 2 aliphatic heterocycles. The molecule has 0 unspecified atom stereocenters. The number of ether oxygens (including phenoxy) is 1. The minimum absolute atomic E-state index is 0.0551. The molecule has 1 saturated heterocycles. The van der Waals surface area contributed by atoms with Crippen LogP contribution in [0.25, 0.3) is 11.1 Å². The maximum absolute atomic E-state index is 15.1. The van der Waals surface area contributed by atoms with E-state index < -0.39 is 30.0 Å². The van der Waals surface area contributed by atoms with Crippen molar-refractivity contribution in [2.24, 2.45) is 16.8 Å². The summed E-state index contributed by atoms with van der Waals surface area (Å²) in [6.07, 6.45) is 4.10. The van der Waals surface area contributed by atoms with Gasteiger partial charge in [-0.2, -0.15) is 0 Å². The highest BCUT2D eigenvalue weighted by Crippen LogP contribution is 2.29. The number of halogens is 1. The predicted molar refractivity (Wildman–Crippen MR) is 139 cm³/mol. The molecular formula is C26H29FN8O4. The lowest BCUT2D eigenvalue weighted by Crippen LogP contribution is -2.47. The molecule has 3 aromatic rings. The average Bonchev–Trinajstić information content (AvgIpc) is 3.66. The Morgan fingerprint density at radius 3 is 2.77 bits per heavy atom. The van der Waals surface area contributed by atoms with Crippen LogP contribution in [0.2, 0.25) is 0 Å². The van der Waals surface area contributed by atoms with Crippen molar-refractivity contribution in [3.63, 3.8) is 0 Å². The summed E-state index contributed by atoms with van der Waals surface area (Å²) in [6.45, 7) is 4.88. The lowest BCUT2D eigenvalue weighted by Gasteiger charge is -2.20. The van der Waals surface area contributed by atoms with Gasteiger partial charge >= 0.3 is 6.09 Å². The number of cyclic esters (lactones) is 1. The molecule has 5 rings (SSSR count). The molecule has 2 aromatic heterocycles. The predicted octanol–water partition coefficient (Wildman–Crippen LogP) is 2.10. The lowest BCUT2D eigenvalue weighted by atomic mass is 10.0. The number of carbonyl (C=O) groups excluding carboxylic acids is 2. The Morgan fingerprint density at radius 1 is 1.26 bits per heavy atom. The summed E-state index contributed by atoms with van der Waals surface area (Å²) < 4.78 is 22.1. The first-order valence-corrected chi connectivity index (χ1v) is 12.6. The van der Waals surface area contributed by atoms with Crippen molar-refractivity contribution < 1.29 is 23.6 Å². The van der Waals surface area contributed by atoms with Gasteiger partial charge in [-0.25, -0.2) is 13.9 Å². The molecule has 0 saturated carbocycles. The van der Waals surface area contributed by atoms with Crippen LogP contribution < -0.4 is 16.0 Å². The third kappa shape index (κ3) is 5.87. The quantitative estimate of drug-likeness (QED) is 0.400. The topological polar surface area (TPSA) is 150 Å². The number of anilines is 1. The Kier molecular flexibility index (Phi) is 7.50. The Bertz CT molecular complexity index is 1360. The van der Waals surface area contributed by atoms with E-state index >= 15 is 4.39 Å². The fraction of sp³-hybridized carbons (Fsp3) is 0.385. The molecule has 204 valence electrons.